The average molecular weight is 667 g/mol. The topological polar surface area (TPSA) is 9.23 Å². The van der Waals surface area contributed by atoms with Gasteiger partial charge in [-0.1, -0.05) is 34.7 Å². The fraction of sp³-hybridized carbons (Fsp3) is 0.0714. The third kappa shape index (κ3) is 6.07. The van der Waals surface area contributed by atoms with E-state index in [4.69, 9.17) is 4.74 Å². The number of hydrogen-bond acceptors (Lipinski definition) is 1. The van der Waals surface area contributed by atoms with Crippen LogP contribution in [-0.2, 0) is 5.33 Å². The molecule has 176 valence electrons. The SMILES string of the molecule is BrP(Br)(c1ccccc1)(c1ccccc1)c1ccccc1.C=CCOc1cc(CBr)ccc1F. The molecule has 0 aliphatic carbocycles. The summed E-state index contributed by atoms with van der Waals surface area (Å²) in [5.74, 6) is -0.0663. The maximum Gasteiger partial charge on any atom is 0.165 e. The predicted octanol–water partition coefficient (Wildman–Crippen LogP) is 8.42. The van der Waals surface area contributed by atoms with E-state index < -0.39 is 4.01 Å². The van der Waals surface area contributed by atoms with Crippen LogP contribution in [0.5, 0.6) is 5.75 Å². The van der Waals surface area contributed by atoms with Crippen molar-refractivity contribution >= 4 is 66.8 Å². The first kappa shape index (κ1) is 26.8. The van der Waals surface area contributed by atoms with Gasteiger partial charge in [0.2, 0.25) is 0 Å². The molecule has 0 spiro atoms. The zero-order valence-electron chi connectivity index (χ0n) is 18.5. The summed E-state index contributed by atoms with van der Waals surface area (Å²) in [5.41, 5.74) is 0.987. The fourth-order valence-corrected chi connectivity index (χ4v) is 11.0. The first-order valence-electron chi connectivity index (χ1n) is 10.6. The van der Waals surface area contributed by atoms with Gasteiger partial charge in [0.1, 0.15) is 6.61 Å². The largest absolute Gasteiger partial charge is 0.486 e. The van der Waals surface area contributed by atoms with Crippen LogP contribution in [0.2, 0.25) is 0 Å². The molecule has 4 aromatic rings. The Kier molecular flexibility index (Phi) is 9.67. The van der Waals surface area contributed by atoms with Crippen LogP contribution in [0.1, 0.15) is 5.56 Å². The Bertz CT molecular complexity index is 1100. The van der Waals surface area contributed by atoms with Crippen LogP contribution < -0.4 is 20.7 Å². The van der Waals surface area contributed by atoms with Crippen molar-refractivity contribution in [2.45, 2.75) is 5.33 Å². The number of rotatable bonds is 7. The van der Waals surface area contributed by atoms with Crippen molar-refractivity contribution in [3.05, 3.63) is 133 Å². The van der Waals surface area contributed by atoms with Crippen molar-refractivity contribution in [2.75, 3.05) is 6.61 Å². The first-order valence-corrected chi connectivity index (χ1v) is 18.0. The van der Waals surface area contributed by atoms with E-state index >= 15 is 0 Å². The van der Waals surface area contributed by atoms with Gasteiger partial charge >= 0.3 is 142 Å². The summed E-state index contributed by atoms with van der Waals surface area (Å²) in [7, 11) is 0. The Labute approximate surface area is 225 Å². The molecule has 0 radical (unpaired) electrons. The van der Waals surface area contributed by atoms with Gasteiger partial charge in [0.05, 0.1) is 0 Å². The summed E-state index contributed by atoms with van der Waals surface area (Å²) >= 11 is 11.6. The van der Waals surface area contributed by atoms with Gasteiger partial charge in [-0.25, -0.2) is 4.39 Å². The Hall–Kier alpha value is -1.78. The van der Waals surface area contributed by atoms with E-state index in [9.17, 15) is 4.39 Å². The van der Waals surface area contributed by atoms with Crippen molar-refractivity contribution in [2.24, 2.45) is 0 Å². The summed E-state index contributed by atoms with van der Waals surface area (Å²) in [6.45, 7) is 3.81. The zero-order chi connectivity index (χ0) is 24.5. The van der Waals surface area contributed by atoms with E-state index in [-0.39, 0.29) is 11.6 Å². The van der Waals surface area contributed by atoms with Crippen LogP contribution in [0.15, 0.2) is 122 Å². The van der Waals surface area contributed by atoms with Crippen LogP contribution in [0, 0.1) is 5.82 Å². The molecule has 0 heterocycles. The van der Waals surface area contributed by atoms with E-state index in [0.717, 1.165) is 5.56 Å². The summed E-state index contributed by atoms with van der Waals surface area (Å²) in [6.07, 6.45) is 1.58. The Morgan fingerprint density at radius 3 is 1.56 bits per heavy atom. The van der Waals surface area contributed by atoms with Crippen molar-refractivity contribution in [3.8, 4) is 5.75 Å². The van der Waals surface area contributed by atoms with Gasteiger partial charge in [0, 0.05) is 5.33 Å². The summed E-state index contributed by atoms with van der Waals surface area (Å²) < 4.78 is 15.4. The fourth-order valence-electron chi connectivity index (χ4n) is 3.41. The normalized spacial score (nSPS) is 11.9. The number of benzene rings is 4. The molecule has 0 aromatic heterocycles. The molecule has 0 amide bonds. The zero-order valence-corrected chi connectivity index (χ0v) is 24.1. The maximum atomic E-state index is 13.1. The Morgan fingerprint density at radius 1 is 0.735 bits per heavy atom. The third-order valence-electron chi connectivity index (χ3n) is 5.14. The predicted molar refractivity (Wildman–Crippen MR) is 158 cm³/mol. The summed E-state index contributed by atoms with van der Waals surface area (Å²) in [5, 5.41) is 4.49. The van der Waals surface area contributed by atoms with Gasteiger partial charge in [-0.05, 0) is 17.7 Å². The Morgan fingerprint density at radius 2 is 1.18 bits per heavy atom. The number of alkyl halides is 1. The smallest absolute Gasteiger partial charge is 0.165 e. The van der Waals surface area contributed by atoms with Crippen molar-refractivity contribution in [1.29, 1.82) is 0 Å². The summed E-state index contributed by atoms with van der Waals surface area (Å²) in [4.78, 5) is 0. The van der Waals surface area contributed by atoms with Crippen LogP contribution in [-0.4, -0.2) is 6.61 Å². The van der Waals surface area contributed by atoms with Gasteiger partial charge in [0.25, 0.3) is 0 Å². The number of ether oxygens (including phenoxy) is 1. The minimum absolute atomic E-state index is 0.275. The van der Waals surface area contributed by atoms with Crippen LogP contribution in [0.3, 0.4) is 0 Å². The third-order valence-corrected chi connectivity index (χ3v) is 16.8. The van der Waals surface area contributed by atoms with Gasteiger partial charge in [-0.15, -0.1) is 0 Å². The molecule has 4 rings (SSSR count). The molecular formula is C28H25Br3FOP. The van der Waals surface area contributed by atoms with Crippen molar-refractivity contribution in [3.63, 3.8) is 0 Å². The van der Waals surface area contributed by atoms with Crippen LogP contribution in [0.25, 0.3) is 0 Å². The molecule has 0 N–H and O–H groups in total. The van der Waals surface area contributed by atoms with Gasteiger partial charge in [-0.2, -0.15) is 0 Å². The number of halogens is 4. The van der Waals surface area contributed by atoms with Gasteiger partial charge in [0.15, 0.2) is 11.6 Å². The van der Waals surface area contributed by atoms with Crippen molar-refractivity contribution in [1.82, 2.24) is 0 Å². The molecule has 0 atom stereocenters. The molecule has 0 saturated heterocycles. The van der Waals surface area contributed by atoms with Gasteiger partial charge in [-0.3, -0.25) is 0 Å². The molecule has 0 unspecified atom stereocenters. The van der Waals surface area contributed by atoms with E-state index in [1.807, 2.05) is 0 Å². The second-order valence-electron chi connectivity index (χ2n) is 7.41. The maximum absolute atomic E-state index is 13.1. The molecule has 0 aliphatic heterocycles. The van der Waals surface area contributed by atoms with E-state index in [1.54, 1.807) is 18.2 Å². The molecule has 0 aliphatic rings. The second kappa shape index (κ2) is 12.3. The average Bonchev–Trinajstić information content (AvgIpc) is 2.90. The molecule has 34 heavy (non-hydrogen) atoms. The summed E-state index contributed by atoms with van der Waals surface area (Å²) in [6, 6.07) is 36.6. The molecule has 1 nitrogen and oxygen atoms in total. The minimum Gasteiger partial charge on any atom is -0.486 e. The van der Waals surface area contributed by atoms with Crippen LogP contribution in [0.4, 0.5) is 4.39 Å². The van der Waals surface area contributed by atoms with Gasteiger partial charge < -0.3 is 4.74 Å². The van der Waals surface area contributed by atoms with E-state index in [0.29, 0.717) is 11.9 Å². The first-order chi connectivity index (χ1) is 16.4. The Balaban J connectivity index is 0.000000215. The van der Waals surface area contributed by atoms with E-state index in [1.165, 1.54) is 22.0 Å². The molecule has 4 aromatic carbocycles. The molecule has 6 heteroatoms. The van der Waals surface area contributed by atoms with Crippen LogP contribution >= 0.6 is 50.9 Å². The minimum atomic E-state index is -2.75. The standard InChI is InChI=1S/C18H15Br2P.C10H10BrFO/c19-21(20,16-10-4-1-5-11-16,17-12-6-2-7-13-17)18-14-8-3-9-15-18;1-2-5-13-10-6-8(7-11)3-4-9(10)12/h1-15H;2-4,6H,1,5,7H2. The van der Waals surface area contributed by atoms with E-state index in [2.05, 4.69) is 144 Å². The monoisotopic (exact) mass is 664 g/mol. The molecule has 0 fully saturated rings. The molecular weight excluding hydrogens is 642 g/mol. The van der Waals surface area contributed by atoms with Crippen molar-refractivity contribution < 1.29 is 9.13 Å². The molecule has 0 bridgehead atoms. The molecule has 0 saturated carbocycles. The quantitative estimate of drug-likeness (QED) is 0.109. The second-order valence-corrected chi connectivity index (χ2v) is 22.7. The number of hydrogen-bond donors (Lipinski definition) is 0.